The second kappa shape index (κ2) is 17.5. The molecule has 0 heterocycles. The van der Waals surface area contributed by atoms with Crippen molar-refractivity contribution in [3.05, 3.63) is 0 Å². The Bertz CT molecular complexity index is 337. The molecule has 0 aromatic carbocycles. The molecular weight excluding hydrogens is 316 g/mol. The van der Waals surface area contributed by atoms with Gasteiger partial charge in [-0.05, 0) is 19.3 Å². The van der Waals surface area contributed by atoms with Crippen LogP contribution in [0.3, 0.4) is 0 Å². The Hall–Kier alpha value is -1.30. The van der Waals surface area contributed by atoms with Crippen LogP contribution >= 0.6 is 0 Å². The maximum atomic E-state index is 11.7. The first kappa shape index (κ1) is 23.7. The number of ether oxygens (including phenoxy) is 1. The number of nitrogens with two attached hydrogens (primary N) is 2. The molecule has 0 aliphatic rings. The summed E-state index contributed by atoms with van der Waals surface area (Å²) in [5, 5.41) is 9.71. The van der Waals surface area contributed by atoms with Crippen molar-refractivity contribution in [2.45, 2.75) is 96.4 Å². The van der Waals surface area contributed by atoms with Crippen LogP contribution in [0.2, 0.25) is 0 Å². The normalized spacial score (nSPS) is 11.9. The molecule has 0 aromatic heterocycles. The van der Waals surface area contributed by atoms with Gasteiger partial charge >= 0.3 is 5.97 Å². The van der Waals surface area contributed by atoms with Gasteiger partial charge in [0.2, 0.25) is 0 Å². The second-order valence-corrected chi connectivity index (χ2v) is 6.79. The van der Waals surface area contributed by atoms with Gasteiger partial charge in [0.1, 0.15) is 6.04 Å². The minimum atomic E-state index is -0.582. The van der Waals surface area contributed by atoms with E-state index in [-0.39, 0.29) is 11.9 Å². The highest BCUT2D eigenvalue weighted by molar-refractivity contribution is 5.75. The zero-order chi connectivity index (χ0) is 18.8. The van der Waals surface area contributed by atoms with Gasteiger partial charge in [-0.15, -0.1) is 0 Å². The van der Waals surface area contributed by atoms with Gasteiger partial charge in [-0.25, -0.2) is 0 Å². The summed E-state index contributed by atoms with van der Waals surface area (Å²) in [6.45, 7) is 3.27. The lowest BCUT2D eigenvalue weighted by atomic mass is 10.1. The molecule has 6 nitrogen and oxygen atoms in total. The highest BCUT2D eigenvalue weighted by Gasteiger charge is 2.14. The molecule has 0 rings (SSSR count). The molecule has 0 aromatic rings. The van der Waals surface area contributed by atoms with Crippen molar-refractivity contribution < 1.29 is 9.53 Å². The zero-order valence-electron chi connectivity index (χ0n) is 16.2. The lowest BCUT2D eigenvalue weighted by Gasteiger charge is -2.11. The average Bonchev–Trinajstić information content (AvgIpc) is 2.59. The number of carbonyl (C=O) groups excluding carboxylic acids is 1. The molecule has 1 atom stereocenters. The van der Waals surface area contributed by atoms with Gasteiger partial charge in [-0.2, -0.15) is 0 Å². The number of guanidine groups is 1. The summed E-state index contributed by atoms with van der Waals surface area (Å²) in [6.07, 6.45) is 15.3. The van der Waals surface area contributed by atoms with Crippen LogP contribution in [-0.2, 0) is 9.53 Å². The van der Waals surface area contributed by atoms with E-state index in [1.165, 1.54) is 57.8 Å². The average molecular weight is 357 g/mol. The summed E-state index contributed by atoms with van der Waals surface area (Å²) < 4.78 is 5.21. The SMILES string of the molecule is CCCCCCCCCCCCCOC(=O)[C@@H](N)CCCNC(=N)N. The second-order valence-electron chi connectivity index (χ2n) is 6.79. The van der Waals surface area contributed by atoms with E-state index in [4.69, 9.17) is 21.6 Å². The molecule has 0 saturated heterocycles. The van der Waals surface area contributed by atoms with Crippen LogP contribution in [0.25, 0.3) is 0 Å². The summed E-state index contributed by atoms with van der Waals surface area (Å²) in [5.74, 6) is -0.387. The topological polar surface area (TPSA) is 114 Å². The van der Waals surface area contributed by atoms with E-state index in [1.54, 1.807) is 0 Å². The molecule has 0 aliphatic carbocycles. The molecule has 148 valence electrons. The molecule has 0 radical (unpaired) electrons. The third-order valence-corrected chi connectivity index (χ3v) is 4.30. The fourth-order valence-electron chi connectivity index (χ4n) is 2.71. The van der Waals surface area contributed by atoms with E-state index < -0.39 is 6.04 Å². The quantitative estimate of drug-likeness (QED) is 0.138. The number of carbonyl (C=O) groups is 1. The molecule has 25 heavy (non-hydrogen) atoms. The Morgan fingerprint density at radius 2 is 1.48 bits per heavy atom. The molecule has 6 N–H and O–H groups in total. The van der Waals surface area contributed by atoms with E-state index in [2.05, 4.69) is 12.2 Å². The van der Waals surface area contributed by atoms with Crippen molar-refractivity contribution in [1.82, 2.24) is 5.32 Å². The third-order valence-electron chi connectivity index (χ3n) is 4.30. The molecule has 0 aliphatic heterocycles. The van der Waals surface area contributed by atoms with Crippen molar-refractivity contribution in [3.63, 3.8) is 0 Å². The highest BCUT2D eigenvalue weighted by Crippen LogP contribution is 2.11. The molecule has 0 amide bonds. The Morgan fingerprint density at radius 3 is 2.00 bits per heavy atom. The minimum Gasteiger partial charge on any atom is -0.465 e. The van der Waals surface area contributed by atoms with Gasteiger partial charge in [0, 0.05) is 6.54 Å². The van der Waals surface area contributed by atoms with Crippen LogP contribution in [0, 0.1) is 5.41 Å². The Kier molecular flexibility index (Phi) is 16.6. The largest absolute Gasteiger partial charge is 0.465 e. The smallest absolute Gasteiger partial charge is 0.322 e. The van der Waals surface area contributed by atoms with Crippen LogP contribution in [0.15, 0.2) is 0 Å². The predicted octanol–water partition coefficient (Wildman–Crippen LogP) is 3.43. The highest BCUT2D eigenvalue weighted by atomic mass is 16.5. The first-order valence-electron chi connectivity index (χ1n) is 10.1. The van der Waals surface area contributed by atoms with Crippen molar-refractivity contribution in [1.29, 1.82) is 5.41 Å². The fourth-order valence-corrected chi connectivity index (χ4v) is 2.71. The Morgan fingerprint density at radius 1 is 0.960 bits per heavy atom. The standard InChI is InChI=1S/C19H40N4O2/c1-2-3-4-5-6-7-8-9-10-11-12-16-25-18(24)17(20)14-13-15-23-19(21)22/h17H,2-16,20H2,1H3,(H4,21,22,23)/t17-/m0/s1. The first-order valence-corrected chi connectivity index (χ1v) is 10.1. The number of nitrogens with one attached hydrogen (secondary N) is 2. The van der Waals surface area contributed by atoms with Crippen LogP contribution in [0.4, 0.5) is 0 Å². The summed E-state index contributed by atoms with van der Waals surface area (Å²) in [5.41, 5.74) is 11.0. The van der Waals surface area contributed by atoms with Crippen molar-refractivity contribution in [2.75, 3.05) is 13.2 Å². The van der Waals surface area contributed by atoms with Gasteiger partial charge in [0.15, 0.2) is 5.96 Å². The Balaban J connectivity index is 3.32. The van der Waals surface area contributed by atoms with Gasteiger partial charge in [0.25, 0.3) is 0 Å². The van der Waals surface area contributed by atoms with E-state index in [9.17, 15) is 4.79 Å². The number of rotatable bonds is 17. The summed E-state index contributed by atoms with van der Waals surface area (Å²) in [7, 11) is 0. The Labute approximate surface area is 153 Å². The van der Waals surface area contributed by atoms with Crippen molar-refractivity contribution in [3.8, 4) is 0 Å². The minimum absolute atomic E-state index is 0.0624. The summed E-state index contributed by atoms with van der Waals surface area (Å²) in [6, 6.07) is -0.582. The molecule has 0 fully saturated rings. The van der Waals surface area contributed by atoms with Gasteiger partial charge in [-0.3, -0.25) is 10.2 Å². The maximum Gasteiger partial charge on any atom is 0.322 e. The first-order chi connectivity index (χ1) is 12.1. The van der Waals surface area contributed by atoms with Crippen LogP contribution in [-0.4, -0.2) is 31.1 Å². The molecule has 0 spiro atoms. The van der Waals surface area contributed by atoms with E-state index in [0.29, 0.717) is 26.0 Å². The molecule has 0 unspecified atom stereocenters. The van der Waals surface area contributed by atoms with E-state index in [0.717, 1.165) is 12.8 Å². The van der Waals surface area contributed by atoms with Crippen molar-refractivity contribution in [2.24, 2.45) is 11.5 Å². The number of unbranched alkanes of at least 4 members (excludes halogenated alkanes) is 10. The number of hydrogen-bond donors (Lipinski definition) is 4. The molecule has 6 heteroatoms. The lowest BCUT2D eigenvalue weighted by molar-refractivity contribution is -0.145. The molecular formula is C19H40N4O2. The monoisotopic (exact) mass is 356 g/mol. The zero-order valence-corrected chi connectivity index (χ0v) is 16.2. The lowest BCUT2D eigenvalue weighted by Crippen LogP contribution is -2.35. The summed E-state index contributed by atoms with van der Waals surface area (Å²) in [4.78, 5) is 11.7. The van der Waals surface area contributed by atoms with Crippen LogP contribution in [0.5, 0.6) is 0 Å². The van der Waals surface area contributed by atoms with Gasteiger partial charge < -0.3 is 21.5 Å². The van der Waals surface area contributed by atoms with Gasteiger partial charge in [0.05, 0.1) is 6.61 Å². The van der Waals surface area contributed by atoms with E-state index in [1.807, 2.05) is 0 Å². The van der Waals surface area contributed by atoms with Crippen molar-refractivity contribution >= 4 is 11.9 Å². The third kappa shape index (κ3) is 17.3. The van der Waals surface area contributed by atoms with Crippen LogP contribution < -0.4 is 16.8 Å². The molecule has 0 bridgehead atoms. The number of esters is 1. The maximum absolute atomic E-state index is 11.7. The van der Waals surface area contributed by atoms with E-state index >= 15 is 0 Å². The number of hydrogen-bond acceptors (Lipinski definition) is 4. The molecule has 0 saturated carbocycles. The summed E-state index contributed by atoms with van der Waals surface area (Å²) >= 11 is 0. The predicted molar refractivity (Wildman–Crippen MR) is 105 cm³/mol. The van der Waals surface area contributed by atoms with Gasteiger partial charge in [-0.1, -0.05) is 71.1 Å². The fraction of sp³-hybridized carbons (Fsp3) is 0.895. The van der Waals surface area contributed by atoms with Crippen LogP contribution in [0.1, 0.15) is 90.4 Å².